The van der Waals surface area contributed by atoms with Crippen LogP contribution in [-0.4, -0.2) is 169 Å². The minimum absolute atomic E-state index is 0. The SMILES string of the molecule is C.CCN(C)Cc1cc2ccccc2n1CCC(=O)CCCNC(=O)C(O)C(=O)NCCC(=O)N(C)[C@@H](C)C(=O)O[C@H]1CC(=O)N(C)c2cc(cc(OC)c2Cl)C/C(C)=C/C=C/[C@@H](OC)[C@@]2(O)C[C@H](OC(=O)N2)[C@@H](C)[C@@H]2O[C@]12C. The highest BCUT2D eigenvalue weighted by Gasteiger charge is 2.64. The lowest BCUT2D eigenvalue weighted by Gasteiger charge is -2.42. The van der Waals surface area contributed by atoms with E-state index in [0.717, 1.165) is 45.7 Å². The molecule has 79 heavy (non-hydrogen) atoms. The zero-order chi connectivity index (χ0) is 57.2. The first-order valence-electron chi connectivity index (χ1n) is 26.3. The average molecular weight is 1120 g/mol. The van der Waals surface area contributed by atoms with Gasteiger partial charge in [0.05, 0.1) is 25.3 Å². The summed E-state index contributed by atoms with van der Waals surface area (Å²) in [7, 11) is 7.78. The molecule has 3 aromatic rings. The second-order valence-corrected chi connectivity index (χ2v) is 21.1. The molecule has 434 valence electrons. The largest absolute Gasteiger partial charge is 0.495 e. The summed E-state index contributed by atoms with van der Waals surface area (Å²) in [6, 6.07) is 12.4. The lowest BCUT2D eigenvalue weighted by atomic mass is 9.83. The van der Waals surface area contributed by atoms with Crippen molar-refractivity contribution in [2.45, 2.75) is 148 Å². The van der Waals surface area contributed by atoms with Crippen LogP contribution in [0.15, 0.2) is 66.3 Å². The molecule has 4 bridgehead atoms. The van der Waals surface area contributed by atoms with Crippen molar-refractivity contribution < 1.29 is 67.5 Å². The molecule has 21 nitrogen and oxygen atoms in total. The van der Waals surface area contributed by atoms with Crippen molar-refractivity contribution in [1.82, 2.24) is 30.3 Å². The summed E-state index contributed by atoms with van der Waals surface area (Å²) in [6.45, 7) is 10.7. The van der Waals surface area contributed by atoms with Gasteiger partial charge < -0.3 is 63.8 Å². The third-order valence-electron chi connectivity index (χ3n) is 15.1. The first-order chi connectivity index (χ1) is 36.9. The normalized spacial score (nSPS) is 25.0. The minimum Gasteiger partial charge on any atom is -0.495 e. The van der Waals surface area contributed by atoms with E-state index in [1.807, 2.05) is 44.3 Å². The number of aliphatic hydroxyl groups excluding tert-OH is 1. The lowest BCUT2D eigenvalue weighted by Crippen LogP contribution is -2.63. The second kappa shape index (κ2) is 27.7. The van der Waals surface area contributed by atoms with Gasteiger partial charge in [-0.1, -0.05) is 74.9 Å². The quantitative estimate of drug-likeness (QED) is 0.0433. The van der Waals surface area contributed by atoms with Crippen molar-refractivity contribution in [3.63, 3.8) is 0 Å². The van der Waals surface area contributed by atoms with Gasteiger partial charge in [-0.15, -0.1) is 0 Å². The molecule has 1 unspecified atom stereocenters. The minimum atomic E-state index is -2.09. The van der Waals surface area contributed by atoms with Crippen molar-refractivity contribution in [2.24, 2.45) is 5.92 Å². The molecule has 9 atom stereocenters. The van der Waals surface area contributed by atoms with Gasteiger partial charge in [0.25, 0.3) is 11.8 Å². The van der Waals surface area contributed by atoms with Gasteiger partial charge in [0.15, 0.2) is 5.72 Å². The van der Waals surface area contributed by atoms with Gasteiger partial charge in [-0.25, -0.2) is 9.59 Å². The van der Waals surface area contributed by atoms with E-state index >= 15 is 0 Å². The number of aromatic nitrogens is 1. The van der Waals surface area contributed by atoms with Crippen molar-refractivity contribution in [1.29, 1.82) is 0 Å². The molecule has 0 radical (unpaired) electrons. The fraction of sp³-hybridized carbons (Fsp3) is 0.561. The molecular weight excluding hydrogens is 1040 g/mol. The van der Waals surface area contributed by atoms with Crippen LogP contribution < -0.4 is 25.6 Å². The number of ketones is 1. The first kappa shape index (κ1) is 63.5. The molecule has 0 saturated carbocycles. The van der Waals surface area contributed by atoms with Gasteiger partial charge in [-0.2, -0.15) is 0 Å². The number of anilines is 1. The van der Waals surface area contributed by atoms with Gasteiger partial charge in [0.2, 0.25) is 17.9 Å². The second-order valence-electron chi connectivity index (χ2n) is 20.7. The number of aliphatic hydroxyl groups is 2. The maximum atomic E-state index is 14.4. The topological polar surface area (TPSA) is 260 Å². The first-order valence-corrected chi connectivity index (χ1v) is 26.7. The summed E-state index contributed by atoms with van der Waals surface area (Å²) < 4.78 is 31.5. The zero-order valence-corrected chi connectivity index (χ0v) is 47.0. The van der Waals surface area contributed by atoms with Crippen LogP contribution in [0.4, 0.5) is 10.5 Å². The van der Waals surface area contributed by atoms with Crippen LogP contribution in [0.2, 0.25) is 5.02 Å². The maximum Gasteiger partial charge on any atom is 0.409 e. The number of amides is 5. The Hall–Kier alpha value is -6.36. The van der Waals surface area contributed by atoms with Crippen molar-refractivity contribution in [2.75, 3.05) is 59.9 Å². The van der Waals surface area contributed by atoms with Gasteiger partial charge in [-0.05, 0) is 82.4 Å². The summed E-state index contributed by atoms with van der Waals surface area (Å²) in [5.74, 6) is -4.35. The Bertz CT molecular complexity index is 2770. The molecule has 22 heteroatoms. The van der Waals surface area contributed by atoms with E-state index in [0.29, 0.717) is 37.2 Å². The third kappa shape index (κ3) is 15.5. The number of ether oxygens (including phenoxy) is 5. The number of methoxy groups -OCH3 is 2. The number of halogens is 1. The predicted octanol–water partition coefficient (Wildman–Crippen LogP) is 4.98. The van der Waals surface area contributed by atoms with E-state index in [1.165, 1.54) is 40.1 Å². The number of rotatable bonds is 20. The maximum absolute atomic E-state index is 14.4. The van der Waals surface area contributed by atoms with Gasteiger partial charge in [0.1, 0.15) is 46.5 Å². The Kier molecular flexibility index (Phi) is 22.2. The molecule has 5 amide bonds. The van der Waals surface area contributed by atoms with Crippen LogP contribution in [-0.2, 0) is 67.2 Å². The number of para-hydroxylation sites is 1. The standard InChI is InChI=1S/C56H76ClN7O14.CH4/c1-11-61(6)32-38-29-37-17-12-13-19-40(37)64(38)25-22-39(65)18-15-23-58-51(69)49(68)52(70)59-24-21-46(66)62(7)35(4)53(71)77-45-30-47(67)63(8)41-27-36(28-42(74-9)48(41)57)26-33(2)16-14-20-44(75-10)56(73)31-43(76-54(72)60-56)34(3)50-55(45,5)78-50;/h12-14,16-17,19-20,27-29,34-35,43-45,49-50,68,73H,11,15,18,21-26,30-32H2,1-10H3,(H,58,69)(H,59,70)(H,60,72);1H4/b20-14+,33-16+;/t34-,35+,43+,44-,45+,49?,50+,55-,56+;/m1./s1. The molecule has 3 aliphatic heterocycles. The van der Waals surface area contributed by atoms with Crippen molar-refractivity contribution in [3.8, 4) is 5.75 Å². The lowest BCUT2D eigenvalue weighted by molar-refractivity contribution is -0.162. The Morgan fingerprint density at radius 3 is 2.41 bits per heavy atom. The number of allylic oxidation sites excluding steroid dienone is 3. The number of nitrogens with zero attached hydrogens (tertiary/aromatic N) is 4. The highest BCUT2D eigenvalue weighted by atomic mass is 35.5. The molecule has 2 fully saturated rings. The number of likely N-dealkylation sites (N-methyl/N-ethyl adjacent to an activating group) is 1. The van der Waals surface area contributed by atoms with Crippen LogP contribution in [0.3, 0.4) is 0 Å². The molecule has 6 rings (SSSR count). The van der Waals surface area contributed by atoms with E-state index in [1.54, 1.807) is 38.1 Å². The van der Waals surface area contributed by atoms with Crippen LogP contribution in [0.1, 0.15) is 91.8 Å². The fourth-order valence-electron chi connectivity index (χ4n) is 9.91. The Morgan fingerprint density at radius 1 is 1.03 bits per heavy atom. The number of fused-ring (bicyclic) bond motifs is 6. The zero-order valence-electron chi connectivity index (χ0n) is 46.3. The third-order valence-corrected chi connectivity index (χ3v) is 15.5. The molecule has 4 heterocycles. The summed E-state index contributed by atoms with van der Waals surface area (Å²) >= 11 is 6.81. The molecule has 0 spiro atoms. The van der Waals surface area contributed by atoms with Gasteiger partial charge in [0, 0.05) is 90.2 Å². The number of nitrogens with one attached hydrogen (secondary N) is 3. The monoisotopic (exact) mass is 1120 g/mol. The van der Waals surface area contributed by atoms with Crippen LogP contribution in [0, 0.1) is 5.92 Å². The Morgan fingerprint density at radius 2 is 1.72 bits per heavy atom. The number of benzene rings is 2. The summed E-state index contributed by atoms with van der Waals surface area (Å²) in [6.07, 6.45) is -1.51. The number of carbonyl (C=O) groups is 7. The van der Waals surface area contributed by atoms with E-state index in [4.69, 9.17) is 35.3 Å². The van der Waals surface area contributed by atoms with Crippen LogP contribution in [0.25, 0.3) is 10.9 Å². The van der Waals surface area contributed by atoms with Crippen LogP contribution in [0.5, 0.6) is 5.75 Å². The summed E-state index contributed by atoms with van der Waals surface area (Å²) in [4.78, 5) is 97.8. The number of Topliss-reactive ketones (excluding diaryl/α,β-unsaturated/α-hetero) is 1. The fourth-order valence-corrected chi connectivity index (χ4v) is 10.2. The predicted molar refractivity (Wildman–Crippen MR) is 297 cm³/mol. The number of epoxide rings is 1. The van der Waals surface area contributed by atoms with Crippen LogP contribution >= 0.6 is 11.6 Å². The molecular formula is C57H80ClN7O14. The average Bonchev–Trinajstić information content (AvgIpc) is 4.23. The molecule has 2 aromatic carbocycles. The number of aryl methyl sites for hydroxylation is 1. The Balaban J connectivity index is 0.0000115. The van der Waals surface area contributed by atoms with Crippen molar-refractivity contribution >= 4 is 69.7 Å². The molecule has 1 aromatic heterocycles. The number of esters is 1. The summed E-state index contributed by atoms with van der Waals surface area (Å²) in [5, 5.41) is 30.9. The molecule has 5 N–H and O–H groups in total. The van der Waals surface area contributed by atoms with Crippen molar-refractivity contribution in [3.05, 3.63) is 82.5 Å². The highest BCUT2D eigenvalue weighted by molar-refractivity contribution is 6.35. The smallest absolute Gasteiger partial charge is 0.409 e. The van der Waals surface area contributed by atoms with E-state index in [9.17, 15) is 43.8 Å². The molecule has 3 aliphatic rings. The Labute approximate surface area is 467 Å². The van der Waals surface area contributed by atoms with Gasteiger partial charge >= 0.3 is 12.1 Å². The number of hydrogen-bond donors (Lipinski definition) is 5. The number of hydrogen-bond acceptors (Lipinski definition) is 15. The number of alkyl carbamates (subject to hydrolysis) is 1. The van der Waals surface area contributed by atoms with E-state index in [-0.39, 0.29) is 50.6 Å². The van der Waals surface area contributed by atoms with E-state index < -0.39 is 95.9 Å². The van der Waals surface area contributed by atoms with Gasteiger partial charge in [-0.3, -0.25) is 29.3 Å². The molecule has 0 aliphatic carbocycles. The highest BCUT2D eigenvalue weighted by Crippen LogP contribution is 2.49. The van der Waals surface area contributed by atoms with E-state index in [2.05, 4.69) is 38.4 Å². The molecule has 2 saturated heterocycles. The summed E-state index contributed by atoms with van der Waals surface area (Å²) in [5.41, 5.74) is 0.875. The number of carbonyl (C=O) groups excluding carboxylic acids is 7.